The summed E-state index contributed by atoms with van der Waals surface area (Å²) in [5, 5.41) is 3.53. The maximum Gasteiger partial charge on any atom is 0.200 e. The zero-order chi connectivity index (χ0) is 13.2. The van der Waals surface area contributed by atoms with E-state index in [2.05, 4.69) is 38.1 Å². The Morgan fingerprint density at radius 1 is 1.33 bits per heavy atom. The fourth-order valence-corrected chi connectivity index (χ4v) is 2.04. The van der Waals surface area contributed by atoms with Crippen LogP contribution >= 0.6 is 15.9 Å². The Hall–Kier alpha value is -0.840. The van der Waals surface area contributed by atoms with Crippen LogP contribution in [-0.2, 0) is 0 Å². The number of aromatic amines is 1. The highest BCUT2D eigenvalue weighted by Gasteiger charge is 2.07. The van der Waals surface area contributed by atoms with Crippen LogP contribution < -0.4 is 5.32 Å². The Labute approximate surface area is 117 Å². The van der Waals surface area contributed by atoms with Crippen LogP contribution in [0.2, 0.25) is 0 Å². The number of aromatic nitrogens is 2. The van der Waals surface area contributed by atoms with Gasteiger partial charge in [-0.25, -0.2) is 4.98 Å². The minimum Gasteiger partial charge on any atom is -0.356 e. The van der Waals surface area contributed by atoms with Crippen molar-refractivity contribution in [1.82, 2.24) is 9.97 Å². The van der Waals surface area contributed by atoms with E-state index in [4.69, 9.17) is 0 Å². The van der Waals surface area contributed by atoms with Crippen molar-refractivity contribution < 1.29 is 4.79 Å². The Morgan fingerprint density at radius 3 is 2.78 bits per heavy atom. The second-order valence-corrected chi connectivity index (χ2v) is 4.96. The number of anilines is 1. The second-order valence-electron chi connectivity index (χ2n) is 4.40. The van der Waals surface area contributed by atoms with E-state index in [-0.39, 0.29) is 5.78 Å². The number of nitrogens with one attached hydrogen (secondary N) is 2. The summed E-state index contributed by atoms with van der Waals surface area (Å²) in [6, 6.07) is 0. The molecule has 0 amide bonds. The number of alkyl halides is 1. The molecule has 1 aromatic heterocycles. The normalized spacial score (nSPS) is 10.6. The molecule has 0 aliphatic heterocycles. The summed E-state index contributed by atoms with van der Waals surface area (Å²) >= 11 is 3.14. The molecule has 0 aromatic carbocycles. The number of hydrogen-bond acceptors (Lipinski definition) is 3. The van der Waals surface area contributed by atoms with Crippen LogP contribution in [0.15, 0.2) is 6.20 Å². The van der Waals surface area contributed by atoms with Crippen LogP contribution in [0.3, 0.4) is 0 Å². The van der Waals surface area contributed by atoms with E-state index in [1.54, 1.807) is 6.20 Å². The smallest absolute Gasteiger partial charge is 0.200 e. The molecule has 1 rings (SSSR count). The van der Waals surface area contributed by atoms with Crippen molar-refractivity contribution in [3.05, 3.63) is 11.9 Å². The van der Waals surface area contributed by atoms with Gasteiger partial charge in [-0.05, 0) is 6.42 Å². The van der Waals surface area contributed by atoms with E-state index >= 15 is 0 Å². The van der Waals surface area contributed by atoms with Crippen molar-refractivity contribution in [1.29, 1.82) is 0 Å². The van der Waals surface area contributed by atoms with Gasteiger partial charge >= 0.3 is 0 Å². The maximum atomic E-state index is 11.4. The van der Waals surface area contributed by atoms with Gasteiger partial charge in [0.05, 0.1) is 11.5 Å². The lowest BCUT2D eigenvalue weighted by atomic mass is 10.1. The molecule has 1 heterocycles. The number of unbranched alkanes of at least 4 members (excludes halogenated alkanes) is 5. The van der Waals surface area contributed by atoms with Crippen molar-refractivity contribution in [2.45, 2.75) is 45.4 Å². The summed E-state index contributed by atoms with van der Waals surface area (Å²) in [4.78, 5) is 18.5. The Balaban J connectivity index is 2.12. The lowest BCUT2D eigenvalue weighted by Gasteiger charge is -2.02. The summed E-state index contributed by atoms with van der Waals surface area (Å²) in [5.74, 6) is 0.711. The summed E-state index contributed by atoms with van der Waals surface area (Å²) in [5.41, 5.74) is 0.553. The Kier molecular flexibility index (Phi) is 7.73. The average molecular weight is 316 g/mol. The van der Waals surface area contributed by atoms with Crippen molar-refractivity contribution in [2.24, 2.45) is 0 Å². The molecule has 0 saturated carbocycles. The van der Waals surface area contributed by atoms with E-state index in [9.17, 15) is 4.79 Å². The van der Waals surface area contributed by atoms with Gasteiger partial charge in [-0.3, -0.25) is 4.79 Å². The zero-order valence-electron chi connectivity index (χ0n) is 11.0. The van der Waals surface area contributed by atoms with Crippen LogP contribution in [0.4, 0.5) is 5.95 Å². The first-order valence-corrected chi connectivity index (χ1v) is 7.78. The summed E-state index contributed by atoms with van der Waals surface area (Å²) < 4.78 is 0. The van der Waals surface area contributed by atoms with Gasteiger partial charge in [-0.1, -0.05) is 55.0 Å². The minimum atomic E-state index is 0.0233. The molecule has 102 valence electrons. The monoisotopic (exact) mass is 315 g/mol. The second kappa shape index (κ2) is 9.14. The summed E-state index contributed by atoms with van der Waals surface area (Å²) in [6.45, 7) is 3.13. The SMILES string of the molecule is CCCCCCCCNc1ncc(C(=O)CBr)[nH]1. The van der Waals surface area contributed by atoms with Crippen LogP contribution in [0, 0.1) is 0 Å². The number of imidazole rings is 1. The predicted octanol–water partition coefficient (Wildman–Crippen LogP) is 3.76. The first-order valence-electron chi connectivity index (χ1n) is 6.66. The summed E-state index contributed by atoms with van der Waals surface area (Å²) in [7, 11) is 0. The molecular formula is C13H22BrN3O. The fourth-order valence-electron chi connectivity index (χ4n) is 1.74. The molecule has 5 heteroatoms. The van der Waals surface area contributed by atoms with E-state index in [0.29, 0.717) is 17.0 Å². The highest BCUT2D eigenvalue weighted by molar-refractivity contribution is 9.09. The molecule has 0 spiro atoms. The van der Waals surface area contributed by atoms with Crippen LogP contribution in [0.25, 0.3) is 0 Å². The molecular weight excluding hydrogens is 294 g/mol. The molecule has 0 aliphatic rings. The van der Waals surface area contributed by atoms with Crippen molar-refractivity contribution >= 4 is 27.7 Å². The van der Waals surface area contributed by atoms with E-state index < -0.39 is 0 Å². The minimum absolute atomic E-state index is 0.0233. The summed E-state index contributed by atoms with van der Waals surface area (Å²) in [6.07, 6.45) is 9.24. The van der Waals surface area contributed by atoms with Gasteiger partial charge in [-0.15, -0.1) is 0 Å². The molecule has 2 N–H and O–H groups in total. The number of H-pyrrole nitrogens is 1. The van der Waals surface area contributed by atoms with Crippen molar-refractivity contribution in [3.8, 4) is 0 Å². The maximum absolute atomic E-state index is 11.4. The molecule has 0 unspecified atom stereocenters. The molecule has 0 radical (unpaired) electrons. The lowest BCUT2D eigenvalue weighted by Crippen LogP contribution is -2.04. The number of nitrogens with zero attached hydrogens (tertiary/aromatic N) is 1. The van der Waals surface area contributed by atoms with Gasteiger partial charge in [0, 0.05) is 6.54 Å². The third-order valence-corrected chi connectivity index (χ3v) is 3.33. The molecule has 18 heavy (non-hydrogen) atoms. The number of halogens is 1. The van der Waals surface area contributed by atoms with Crippen molar-refractivity contribution in [3.63, 3.8) is 0 Å². The van der Waals surface area contributed by atoms with Gasteiger partial charge in [0.1, 0.15) is 5.69 Å². The van der Waals surface area contributed by atoms with Crippen LogP contribution in [0.1, 0.15) is 55.9 Å². The number of ketones is 1. The third kappa shape index (κ3) is 5.67. The van der Waals surface area contributed by atoms with E-state index in [0.717, 1.165) is 13.0 Å². The van der Waals surface area contributed by atoms with Crippen LogP contribution in [-0.4, -0.2) is 27.6 Å². The quantitative estimate of drug-likeness (QED) is 0.392. The number of hydrogen-bond donors (Lipinski definition) is 2. The Bertz CT molecular complexity index is 352. The third-order valence-electron chi connectivity index (χ3n) is 2.82. The number of carbonyl (C=O) groups is 1. The highest BCUT2D eigenvalue weighted by atomic mass is 79.9. The van der Waals surface area contributed by atoms with Gasteiger partial charge in [-0.2, -0.15) is 0 Å². The van der Waals surface area contributed by atoms with Crippen molar-refractivity contribution in [2.75, 3.05) is 17.2 Å². The number of Topliss-reactive ketones (excluding diaryl/α,β-unsaturated/α-hetero) is 1. The van der Waals surface area contributed by atoms with Crippen LogP contribution in [0.5, 0.6) is 0 Å². The van der Waals surface area contributed by atoms with E-state index in [1.807, 2.05) is 0 Å². The highest BCUT2D eigenvalue weighted by Crippen LogP contribution is 2.07. The predicted molar refractivity (Wildman–Crippen MR) is 78.6 cm³/mol. The molecule has 0 atom stereocenters. The largest absolute Gasteiger partial charge is 0.356 e. The first-order chi connectivity index (χ1) is 8.77. The lowest BCUT2D eigenvalue weighted by molar-refractivity contribution is 0.101. The average Bonchev–Trinajstić information content (AvgIpc) is 2.85. The van der Waals surface area contributed by atoms with E-state index in [1.165, 1.54) is 32.1 Å². The topological polar surface area (TPSA) is 57.8 Å². The standard InChI is InChI=1S/C13H22BrN3O/c1-2-3-4-5-6-7-8-15-13-16-10-11(17-13)12(18)9-14/h10H,2-9H2,1H3,(H2,15,16,17). The molecule has 0 saturated heterocycles. The molecule has 4 nitrogen and oxygen atoms in total. The van der Waals surface area contributed by atoms with Gasteiger partial charge < -0.3 is 10.3 Å². The molecule has 0 aliphatic carbocycles. The first kappa shape index (κ1) is 15.2. The molecule has 1 aromatic rings. The number of carbonyl (C=O) groups excluding carboxylic acids is 1. The van der Waals surface area contributed by atoms with Gasteiger partial charge in [0.2, 0.25) is 5.95 Å². The zero-order valence-corrected chi connectivity index (χ0v) is 12.6. The fraction of sp³-hybridized carbons (Fsp3) is 0.692. The molecule has 0 fully saturated rings. The molecule has 0 bridgehead atoms. The Morgan fingerprint density at radius 2 is 2.06 bits per heavy atom. The van der Waals surface area contributed by atoms with Gasteiger partial charge in [0.25, 0.3) is 0 Å². The van der Waals surface area contributed by atoms with Gasteiger partial charge in [0.15, 0.2) is 5.78 Å². The number of rotatable bonds is 10.